The lowest BCUT2D eigenvalue weighted by Crippen LogP contribution is -2.47. The van der Waals surface area contributed by atoms with Gasteiger partial charge in [-0.15, -0.1) is 0 Å². The molecule has 1 amide bonds. The van der Waals surface area contributed by atoms with Gasteiger partial charge in [0.05, 0.1) is 24.2 Å². The summed E-state index contributed by atoms with van der Waals surface area (Å²) >= 11 is 0. The summed E-state index contributed by atoms with van der Waals surface area (Å²) in [5, 5.41) is 18.7. The zero-order chi connectivity index (χ0) is 20.9. The number of aliphatic hydroxyl groups is 1. The van der Waals surface area contributed by atoms with Gasteiger partial charge in [-0.1, -0.05) is 17.7 Å². The Balaban J connectivity index is 2.07. The van der Waals surface area contributed by atoms with Crippen LogP contribution in [0, 0.1) is 12.8 Å². The van der Waals surface area contributed by atoms with E-state index in [2.05, 4.69) is 0 Å². The number of carboxylic acid groups (broad SMARTS) is 1. The zero-order valence-corrected chi connectivity index (χ0v) is 17.3. The number of amides is 1. The smallest absolute Gasteiger partial charge is 0.409 e. The maximum atomic E-state index is 12.4. The highest BCUT2D eigenvalue weighted by molar-refractivity contribution is 7.86. The molecule has 0 spiro atoms. The quantitative estimate of drug-likeness (QED) is 0.596. The van der Waals surface area contributed by atoms with E-state index in [9.17, 15) is 18.3 Å². The summed E-state index contributed by atoms with van der Waals surface area (Å²) in [4.78, 5) is 13.0. The normalized spacial score (nSPS) is 20.3. The third-order valence-corrected chi connectivity index (χ3v) is 6.22. The molecule has 1 saturated heterocycles. The Morgan fingerprint density at radius 2 is 2.00 bits per heavy atom. The molecule has 2 N–H and O–H groups in total. The first kappa shape index (κ1) is 22.6. The molecule has 1 aromatic rings. The van der Waals surface area contributed by atoms with Crippen LogP contribution in [0.1, 0.15) is 38.7 Å². The highest BCUT2D eigenvalue weighted by Crippen LogP contribution is 2.32. The van der Waals surface area contributed by atoms with Crippen LogP contribution in [0.25, 0.3) is 0 Å². The van der Waals surface area contributed by atoms with E-state index in [1.807, 2.05) is 6.92 Å². The number of aryl methyl sites for hydroxylation is 1. The average molecular weight is 416 g/mol. The van der Waals surface area contributed by atoms with Crippen LogP contribution in [0.5, 0.6) is 0 Å². The summed E-state index contributed by atoms with van der Waals surface area (Å²) in [6.45, 7) is 5.35. The molecule has 0 saturated carbocycles. The van der Waals surface area contributed by atoms with Gasteiger partial charge in [0, 0.05) is 6.61 Å². The van der Waals surface area contributed by atoms with Crippen LogP contribution >= 0.6 is 0 Å². The van der Waals surface area contributed by atoms with Crippen LogP contribution in [-0.2, 0) is 19.0 Å². The number of nitrogens with zero attached hydrogens (tertiary/aromatic N) is 1. The number of rotatable bonds is 9. The van der Waals surface area contributed by atoms with Gasteiger partial charge >= 0.3 is 6.09 Å². The van der Waals surface area contributed by atoms with Gasteiger partial charge in [0.2, 0.25) is 0 Å². The van der Waals surface area contributed by atoms with Crippen molar-refractivity contribution in [2.75, 3.05) is 19.8 Å². The first-order valence-corrected chi connectivity index (χ1v) is 10.7. The second-order valence-electron chi connectivity index (χ2n) is 7.58. The second kappa shape index (κ2) is 9.21. The van der Waals surface area contributed by atoms with E-state index >= 15 is 0 Å². The Bertz CT molecular complexity index is 761. The molecule has 2 rings (SSSR count). The van der Waals surface area contributed by atoms with Crippen LogP contribution in [-0.4, -0.2) is 61.2 Å². The van der Waals surface area contributed by atoms with Gasteiger partial charge in [-0.05, 0) is 58.1 Å². The van der Waals surface area contributed by atoms with Crippen LogP contribution < -0.4 is 0 Å². The molecule has 1 fully saturated rings. The maximum absolute atomic E-state index is 12.4. The molecule has 1 aliphatic heterocycles. The van der Waals surface area contributed by atoms with Gasteiger partial charge < -0.3 is 14.9 Å². The maximum Gasteiger partial charge on any atom is 0.409 e. The number of benzene rings is 1. The molecule has 158 valence electrons. The van der Waals surface area contributed by atoms with Crippen molar-refractivity contribution >= 4 is 16.2 Å². The molecule has 28 heavy (non-hydrogen) atoms. The fraction of sp³-hybridized carbons (Fsp3) is 0.632. The second-order valence-corrected chi connectivity index (χ2v) is 9.20. The molecule has 1 aromatic carbocycles. The highest BCUT2D eigenvalue weighted by atomic mass is 32.2. The van der Waals surface area contributed by atoms with Crippen molar-refractivity contribution in [1.29, 1.82) is 0 Å². The Hall–Kier alpha value is -1.68. The molecule has 0 aliphatic carbocycles. The number of carbonyl (C=O) groups is 1. The van der Waals surface area contributed by atoms with Crippen molar-refractivity contribution in [2.45, 2.75) is 56.7 Å². The minimum absolute atomic E-state index is 0.0312. The minimum atomic E-state index is -3.91. The fourth-order valence-electron chi connectivity index (χ4n) is 3.44. The minimum Gasteiger partial charge on any atom is -0.465 e. The predicted molar refractivity (Wildman–Crippen MR) is 102 cm³/mol. The summed E-state index contributed by atoms with van der Waals surface area (Å²) in [7, 11) is -3.91. The van der Waals surface area contributed by atoms with Gasteiger partial charge in [-0.25, -0.2) is 4.79 Å². The van der Waals surface area contributed by atoms with Crippen molar-refractivity contribution in [1.82, 2.24) is 4.90 Å². The topological polar surface area (TPSA) is 113 Å². The van der Waals surface area contributed by atoms with Gasteiger partial charge in [-0.3, -0.25) is 9.08 Å². The Labute approximate surface area is 166 Å². The average Bonchev–Trinajstić information content (AvgIpc) is 2.92. The van der Waals surface area contributed by atoms with E-state index in [0.29, 0.717) is 19.3 Å². The highest BCUT2D eigenvalue weighted by Gasteiger charge is 2.44. The van der Waals surface area contributed by atoms with Crippen LogP contribution in [0.4, 0.5) is 4.79 Å². The molecule has 0 aromatic heterocycles. The standard InChI is InChI=1S/C19H29NO7S/c1-14-6-8-17(9-7-14)28(24,25)27-12-15(5-4-10-21)11-16-13-26-19(2,3)20(16)18(22)23/h6-9,15-16,21H,4-5,10-13H2,1-3H3,(H,22,23). The summed E-state index contributed by atoms with van der Waals surface area (Å²) in [6.07, 6.45) is 0.299. The molecule has 0 radical (unpaired) electrons. The molecule has 8 nitrogen and oxygen atoms in total. The summed E-state index contributed by atoms with van der Waals surface area (Å²) in [5.74, 6) is -0.239. The molecular weight excluding hydrogens is 386 g/mol. The number of aliphatic hydroxyl groups excluding tert-OH is 1. The molecular formula is C19H29NO7S. The lowest BCUT2D eigenvalue weighted by Gasteiger charge is -2.32. The van der Waals surface area contributed by atoms with E-state index in [1.165, 1.54) is 17.0 Å². The lowest BCUT2D eigenvalue weighted by atomic mass is 9.95. The predicted octanol–water partition coefficient (Wildman–Crippen LogP) is 2.59. The largest absolute Gasteiger partial charge is 0.465 e. The van der Waals surface area contributed by atoms with E-state index in [-0.39, 0.29) is 30.6 Å². The van der Waals surface area contributed by atoms with Crippen molar-refractivity contribution < 1.29 is 32.3 Å². The molecule has 1 aliphatic rings. The third kappa shape index (κ3) is 5.66. The summed E-state index contributed by atoms with van der Waals surface area (Å²) in [5.41, 5.74) is 0.00438. The number of hydrogen-bond donors (Lipinski definition) is 2. The molecule has 9 heteroatoms. The molecule has 1 heterocycles. The Kier molecular flexibility index (Phi) is 7.44. The molecule has 2 atom stereocenters. The third-order valence-electron chi connectivity index (χ3n) is 4.92. The van der Waals surface area contributed by atoms with Gasteiger partial charge in [-0.2, -0.15) is 8.42 Å². The van der Waals surface area contributed by atoms with Gasteiger partial charge in [0.25, 0.3) is 10.1 Å². The SMILES string of the molecule is Cc1ccc(S(=O)(=O)OCC(CCCO)CC2COC(C)(C)N2C(=O)O)cc1. The Morgan fingerprint density at radius 3 is 2.57 bits per heavy atom. The van der Waals surface area contributed by atoms with Crippen molar-refractivity contribution in [2.24, 2.45) is 5.92 Å². The lowest BCUT2D eigenvalue weighted by molar-refractivity contribution is -0.0426. The van der Waals surface area contributed by atoms with E-state index in [4.69, 9.17) is 14.0 Å². The van der Waals surface area contributed by atoms with Crippen LogP contribution in [0.3, 0.4) is 0 Å². The van der Waals surface area contributed by atoms with Crippen molar-refractivity contribution in [3.05, 3.63) is 29.8 Å². The molecule has 2 unspecified atom stereocenters. The number of ether oxygens (including phenoxy) is 1. The summed E-state index contributed by atoms with van der Waals surface area (Å²) < 4.78 is 35.7. The Morgan fingerprint density at radius 1 is 1.36 bits per heavy atom. The molecule has 0 bridgehead atoms. The van der Waals surface area contributed by atoms with E-state index in [0.717, 1.165) is 5.56 Å². The van der Waals surface area contributed by atoms with Gasteiger partial charge in [0.15, 0.2) is 0 Å². The first-order chi connectivity index (χ1) is 13.1. The van der Waals surface area contributed by atoms with Crippen LogP contribution in [0.15, 0.2) is 29.2 Å². The van der Waals surface area contributed by atoms with Crippen LogP contribution in [0.2, 0.25) is 0 Å². The fourth-order valence-corrected chi connectivity index (χ4v) is 4.41. The van der Waals surface area contributed by atoms with Crippen molar-refractivity contribution in [3.63, 3.8) is 0 Å². The zero-order valence-electron chi connectivity index (χ0n) is 16.5. The summed E-state index contributed by atoms with van der Waals surface area (Å²) in [6, 6.07) is 5.98. The van der Waals surface area contributed by atoms with E-state index < -0.39 is 28.0 Å². The monoisotopic (exact) mass is 415 g/mol. The van der Waals surface area contributed by atoms with E-state index in [1.54, 1.807) is 26.0 Å². The first-order valence-electron chi connectivity index (χ1n) is 9.30. The van der Waals surface area contributed by atoms with Gasteiger partial charge in [0.1, 0.15) is 5.72 Å². The number of hydrogen-bond acceptors (Lipinski definition) is 6. The van der Waals surface area contributed by atoms with Crippen molar-refractivity contribution in [3.8, 4) is 0 Å².